The number of carbonyl (C=O) groups excluding carboxylic acids is 1. The van der Waals surface area contributed by atoms with Crippen molar-refractivity contribution in [1.82, 2.24) is 20.1 Å². The molecule has 0 unspecified atom stereocenters. The summed E-state index contributed by atoms with van der Waals surface area (Å²) >= 11 is 6.30. The predicted octanol–water partition coefficient (Wildman–Crippen LogP) is 5.31. The van der Waals surface area contributed by atoms with E-state index in [1.54, 1.807) is 12.1 Å². The first-order chi connectivity index (χ1) is 15.4. The second-order valence-corrected chi connectivity index (χ2v) is 9.20. The van der Waals surface area contributed by atoms with E-state index >= 15 is 0 Å². The molecule has 170 valence electrons. The maximum atomic E-state index is 13.4. The minimum atomic E-state index is -0.244. The molecule has 1 saturated heterocycles. The number of hydrogen-bond acceptors (Lipinski definition) is 2. The first-order valence-corrected chi connectivity index (χ1v) is 11.6. The van der Waals surface area contributed by atoms with Gasteiger partial charge in [0.1, 0.15) is 5.82 Å². The van der Waals surface area contributed by atoms with Crippen molar-refractivity contribution in [2.75, 3.05) is 26.2 Å². The lowest BCUT2D eigenvalue weighted by molar-refractivity contribution is 0.208. The van der Waals surface area contributed by atoms with E-state index in [2.05, 4.69) is 32.4 Å². The smallest absolute Gasteiger partial charge is 0.315 e. The summed E-state index contributed by atoms with van der Waals surface area (Å²) in [5.74, 6) is 0.209. The van der Waals surface area contributed by atoms with Gasteiger partial charge in [-0.25, -0.2) is 9.18 Å². The summed E-state index contributed by atoms with van der Waals surface area (Å²) in [4.78, 5) is 14.2. The lowest BCUT2D eigenvalue weighted by Gasteiger charge is -2.32. The molecule has 4 rings (SSSR count). The normalized spacial score (nSPS) is 15.4. The molecule has 1 aliphatic rings. The third-order valence-electron chi connectivity index (χ3n) is 6.06. The molecule has 2 amide bonds. The first kappa shape index (κ1) is 22.6. The average molecular weight is 457 g/mol. The van der Waals surface area contributed by atoms with Gasteiger partial charge in [0.05, 0.1) is 5.52 Å². The number of likely N-dealkylation sites (tertiary alicyclic amines) is 1. The van der Waals surface area contributed by atoms with Crippen molar-refractivity contribution in [2.24, 2.45) is 0 Å². The summed E-state index contributed by atoms with van der Waals surface area (Å²) in [6.45, 7) is 7.39. The van der Waals surface area contributed by atoms with Gasteiger partial charge in [-0.2, -0.15) is 0 Å². The molecule has 1 aliphatic heterocycles. The Morgan fingerprint density at radius 2 is 1.88 bits per heavy atom. The number of benzene rings is 2. The van der Waals surface area contributed by atoms with Crippen molar-refractivity contribution in [3.05, 3.63) is 65.1 Å². The van der Waals surface area contributed by atoms with Crippen LogP contribution in [0.5, 0.6) is 0 Å². The van der Waals surface area contributed by atoms with Crippen LogP contribution in [0, 0.1) is 5.82 Å². The van der Waals surface area contributed by atoms with E-state index in [9.17, 15) is 9.18 Å². The number of hydrogen-bond donors (Lipinski definition) is 2. The highest BCUT2D eigenvalue weighted by atomic mass is 35.5. The molecule has 1 aromatic heterocycles. The summed E-state index contributed by atoms with van der Waals surface area (Å²) in [7, 11) is 0. The minimum Gasteiger partial charge on any atom is -0.337 e. The van der Waals surface area contributed by atoms with E-state index in [4.69, 9.17) is 11.6 Å². The Hall–Kier alpha value is -2.57. The SMILES string of the molecule is CC(C)NC(=O)NCCN1CCC(c2cn(-c3ccc(F)cc3)c3cc(Cl)ccc23)CC1. The van der Waals surface area contributed by atoms with Gasteiger partial charge in [-0.05, 0) is 87.7 Å². The minimum absolute atomic E-state index is 0.109. The van der Waals surface area contributed by atoms with Crippen molar-refractivity contribution in [3.8, 4) is 5.69 Å². The molecule has 0 saturated carbocycles. The number of nitrogens with zero attached hydrogens (tertiary/aromatic N) is 2. The van der Waals surface area contributed by atoms with Gasteiger partial charge in [0.25, 0.3) is 0 Å². The maximum absolute atomic E-state index is 13.4. The largest absolute Gasteiger partial charge is 0.337 e. The number of piperidine rings is 1. The molecule has 0 atom stereocenters. The molecule has 32 heavy (non-hydrogen) atoms. The molecule has 0 aliphatic carbocycles. The molecule has 3 aromatic rings. The standard InChI is InChI=1S/C25H30ClFN4O/c1-17(2)29-25(32)28-11-14-30-12-9-18(10-13-30)23-16-31(21-6-4-20(27)5-7-21)24-15-19(26)3-8-22(23)24/h3-8,15-18H,9-14H2,1-2H3,(H2,28,29,32). The van der Waals surface area contributed by atoms with Gasteiger partial charge >= 0.3 is 6.03 Å². The zero-order valence-corrected chi connectivity index (χ0v) is 19.3. The van der Waals surface area contributed by atoms with Crippen molar-refractivity contribution >= 4 is 28.5 Å². The van der Waals surface area contributed by atoms with Crippen molar-refractivity contribution < 1.29 is 9.18 Å². The van der Waals surface area contributed by atoms with Crippen LogP contribution in [0.3, 0.4) is 0 Å². The molecule has 0 radical (unpaired) electrons. The molecule has 2 heterocycles. The Labute approximate surface area is 193 Å². The topological polar surface area (TPSA) is 49.3 Å². The van der Waals surface area contributed by atoms with Gasteiger partial charge < -0.3 is 20.1 Å². The second-order valence-electron chi connectivity index (χ2n) is 8.76. The van der Waals surface area contributed by atoms with Crippen LogP contribution in [0.1, 0.15) is 38.2 Å². The van der Waals surface area contributed by atoms with Crippen LogP contribution in [0.15, 0.2) is 48.7 Å². The van der Waals surface area contributed by atoms with Gasteiger partial charge in [0.15, 0.2) is 0 Å². The molecular formula is C25H30ClFN4O. The van der Waals surface area contributed by atoms with E-state index in [0.29, 0.717) is 17.5 Å². The molecule has 5 nitrogen and oxygen atoms in total. The molecule has 2 aromatic carbocycles. The van der Waals surface area contributed by atoms with Gasteiger partial charge in [-0.15, -0.1) is 0 Å². The van der Waals surface area contributed by atoms with E-state index in [1.807, 2.05) is 26.0 Å². The monoisotopic (exact) mass is 456 g/mol. The van der Waals surface area contributed by atoms with Crippen LogP contribution in [-0.2, 0) is 0 Å². The molecule has 7 heteroatoms. The number of amides is 2. The Kier molecular flexibility index (Phi) is 7.01. The predicted molar refractivity (Wildman–Crippen MR) is 128 cm³/mol. The van der Waals surface area contributed by atoms with E-state index in [1.165, 1.54) is 23.1 Å². The summed E-state index contributed by atoms with van der Waals surface area (Å²) in [5, 5.41) is 7.66. The maximum Gasteiger partial charge on any atom is 0.315 e. The Bertz CT molecular complexity index is 1070. The number of carbonyl (C=O) groups is 1. The first-order valence-electron chi connectivity index (χ1n) is 11.2. The van der Waals surface area contributed by atoms with Gasteiger partial charge in [-0.1, -0.05) is 17.7 Å². The lowest BCUT2D eigenvalue weighted by Crippen LogP contribution is -2.44. The van der Waals surface area contributed by atoms with Crippen LogP contribution in [-0.4, -0.2) is 47.7 Å². The fraction of sp³-hybridized carbons (Fsp3) is 0.400. The highest BCUT2D eigenvalue weighted by Crippen LogP contribution is 2.36. The number of fused-ring (bicyclic) bond motifs is 1. The van der Waals surface area contributed by atoms with Gasteiger partial charge in [0, 0.05) is 41.4 Å². The van der Waals surface area contributed by atoms with Crippen LogP contribution in [0.4, 0.5) is 9.18 Å². The summed E-state index contributed by atoms with van der Waals surface area (Å²) in [6, 6.07) is 12.6. The number of aromatic nitrogens is 1. The van der Waals surface area contributed by atoms with Crippen LogP contribution in [0.25, 0.3) is 16.6 Å². The van der Waals surface area contributed by atoms with E-state index in [-0.39, 0.29) is 17.9 Å². The lowest BCUT2D eigenvalue weighted by atomic mass is 9.89. The van der Waals surface area contributed by atoms with Gasteiger partial charge in [0.2, 0.25) is 0 Å². The zero-order chi connectivity index (χ0) is 22.7. The Morgan fingerprint density at radius 3 is 2.56 bits per heavy atom. The summed E-state index contributed by atoms with van der Waals surface area (Å²) < 4.78 is 15.6. The highest BCUT2D eigenvalue weighted by Gasteiger charge is 2.24. The van der Waals surface area contributed by atoms with E-state index in [0.717, 1.165) is 43.7 Å². The number of halogens is 2. The number of rotatable bonds is 6. The summed E-state index contributed by atoms with van der Waals surface area (Å²) in [6.07, 6.45) is 4.30. The number of urea groups is 1. The summed E-state index contributed by atoms with van der Waals surface area (Å²) in [5.41, 5.74) is 3.28. The fourth-order valence-corrected chi connectivity index (χ4v) is 4.64. The number of nitrogens with one attached hydrogen (secondary N) is 2. The molecule has 0 bridgehead atoms. The molecule has 2 N–H and O–H groups in total. The quantitative estimate of drug-likeness (QED) is 0.528. The van der Waals surface area contributed by atoms with Crippen LogP contribution in [0.2, 0.25) is 5.02 Å². The van der Waals surface area contributed by atoms with Gasteiger partial charge in [-0.3, -0.25) is 0 Å². The Balaban J connectivity index is 1.45. The third-order valence-corrected chi connectivity index (χ3v) is 6.30. The highest BCUT2D eigenvalue weighted by molar-refractivity contribution is 6.31. The van der Waals surface area contributed by atoms with Crippen LogP contribution < -0.4 is 10.6 Å². The third kappa shape index (κ3) is 5.25. The molecular weight excluding hydrogens is 427 g/mol. The van der Waals surface area contributed by atoms with Crippen LogP contribution >= 0.6 is 11.6 Å². The molecule has 0 spiro atoms. The molecule has 1 fully saturated rings. The Morgan fingerprint density at radius 1 is 1.16 bits per heavy atom. The second kappa shape index (κ2) is 9.92. The fourth-order valence-electron chi connectivity index (χ4n) is 4.48. The average Bonchev–Trinajstić information content (AvgIpc) is 3.13. The van der Waals surface area contributed by atoms with Crippen molar-refractivity contribution in [2.45, 2.75) is 38.6 Å². The van der Waals surface area contributed by atoms with E-state index < -0.39 is 0 Å². The van der Waals surface area contributed by atoms with Crippen molar-refractivity contribution in [1.29, 1.82) is 0 Å². The van der Waals surface area contributed by atoms with Crippen molar-refractivity contribution in [3.63, 3.8) is 0 Å². The zero-order valence-electron chi connectivity index (χ0n) is 18.6.